The van der Waals surface area contributed by atoms with E-state index in [2.05, 4.69) is 32.1 Å². The van der Waals surface area contributed by atoms with Gasteiger partial charge in [-0.2, -0.15) is 0 Å². The van der Waals surface area contributed by atoms with Crippen LogP contribution in [-0.4, -0.2) is 67.5 Å². The second-order valence-electron chi connectivity index (χ2n) is 12.2. The van der Waals surface area contributed by atoms with Gasteiger partial charge < -0.3 is 15.0 Å². The van der Waals surface area contributed by atoms with Crippen LogP contribution in [0.25, 0.3) is 5.69 Å². The molecule has 11 nitrogen and oxygen atoms in total. The number of carbonyl (C=O) groups is 1. The zero-order chi connectivity index (χ0) is 31.9. The zero-order valence-electron chi connectivity index (χ0n) is 25.3. The van der Waals surface area contributed by atoms with Gasteiger partial charge in [0.1, 0.15) is 17.7 Å². The molecule has 1 amide bonds. The number of benzene rings is 2. The number of likely N-dealkylation sites (N-methyl/N-ethyl adjacent to an activating group) is 1. The van der Waals surface area contributed by atoms with Gasteiger partial charge in [-0.25, -0.2) is 28.1 Å². The number of fused-ring (bicyclic) bond motifs is 1. The van der Waals surface area contributed by atoms with Crippen LogP contribution in [0.2, 0.25) is 0 Å². The van der Waals surface area contributed by atoms with E-state index in [1.807, 2.05) is 0 Å². The van der Waals surface area contributed by atoms with Crippen LogP contribution in [0, 0.1) is 11.6 Å². The molecule has 238 valence electrons. The Kier molecular flexibility index (Phi) is 7.95. The lowest BCUT2D eigenvalue weighted by atomic mass is 10.0. The highest BCUT2D eigenvalue weighted by Gasteiger charge is 2.33. The Morgan fingerprint density at radius 3 is 2.48 bits per heavy atom. The molecular formula is C33H33F2N7O4. The minimum atomic E-state index is -0.861. The predicted molar refractivity (Wildman–Crippen MR) is 166 cm³/mol. The predicted octanol–water partition coefficient (Wildman–Crippen LogP) is 3.90. The van der Waals surface area contributed by atoms with Gasteiger partial charge in [0.25, 0.3) is 11.5 Å². The molecule has 0 spiro atoms. The summed E-state index contributed by atoms with van der Waals surface area (Å²) >= 11 is 0. The third-order valence-corrected chi connectivity index (χ3v) is 9.12. The number of hydrogen-bond donors (Lipinski definition) is 1. The standard InChI is InChI=1S/C33H33F2N7O4/c1-39-15-24(16-39)40-13-12-25-28(18-40)36-19-37-31(25)46-29-11-8-21(14-27(29)35)38-30(43)26-17-41(22-4-2-3-5-22)33(45)42(32(26)44)23-9-6-20(34)7-10-23/h6-11,14,17,19,22,24H,2-5,12-13,15-16,18H2,1H3,(H,38,43). The molecule has 0 radical (unpaired) electrons. The summed E-state index contributed by atoms with van der Waals surface area (Å²) in [6, 6.07) is 9.15. The van der Waals surface area contributed by atoms with E-state index >= 15 is 4.39 Å². The maximum atomic E-state index is 15.3. The van der Waals surface area contributed by atoms with Crippen molar-refractivity contribution < 1.29 is 18.3 Å². The third-order valence-electron chi connectivity index (χ3n) is 9.12. The van der Waals surface area contributed by atoms with Gasteiger partial charge in [-0.15, -0.1) is 0 Å². The van der Waals surface area contributed by atoms with Crippen molar-refractivity contribution in [3.05, 3.63) is 104 Å². The highest BCUT2D eigenvalue weighted by atomic mass is 19.1. The Hall–Kier alpha value is -4.75. The van der Waals surface area contributed by atoms with Crippen LogP contribution in [0.5, 0.6) is 11.6 Å². The first-order valence-corrected chi connectivity index (χ1v) is 15.4. The molecule has 4 heterocycles. The van der Waals surface area contributed by atoms with Crippen LogP contribution in [0.1, 0.15) is 53.3 Å². The first-order chi connectivity index (χ1) is 22.2. The number of aromatic nitrogens is 4. The largest absolute Gasteiger partial charge is 0.436 e. The molecule has 1 saturated heterocycles. The summed E-state index contributed by atoms with van der Waals surface area (Å²) in [6.07, 6.45) is 6.64. The zero-order valence-corrected chi connectivity index (χ0v) is 25.3. The second kappa shape index (κ2) is 12.2. The van der Waals surface area contributed by atoms with Gasteiger partial charge in [-0.1, -0.05) is 12.8 Å². The van der Waals surface area contributed by atoms with E-state index in [1.54, 1.807) is 0 Å². The van der Waals surface area contributed by atoms with Crippen molar-refractivity contribution >= 4 is 11.6 Å². The number of carbonyl (C=O) groups excluding carboxylic acids is 1. The summed E-state index contributed by atoms with van der Waals surface area (Å²) in [6.45, 7) is 3.55. The molecule has 0 atom stereocenters. The molecule has 2 fully saturated rings. The maximum absolute atomic E-state index is 15.3. The summed E-state index contributed by atoms with van der Waals surface area (Å²) in [5.41, 5.74) is 0.167. The lowest BCUT2D eigenvalue weighted by Crippen LogP contribution is -2.58. The van der Waals surface area contributed by atoms with Crippen LogP contribution in [-0.2, 0) is 13.0 Å². The lowest BCUT2D eigenvalue weighted by molar-refractivity contribution is 0.0420. The molecule has 13 heteroatoms. The minimum Gasteiger partial charge on any atom is -0.436 e. The van der Waals surface area contributed by atoms with Crippen molar-refractivity contribution in [2.45, 2.75) is 50.7 Å². The lowest BCUT2D eigenvalue weighted by Gasteiger charge is -2.45. The van der Waals surface area contributed by atoms with E-state index < -0.39 is 28.8 Å². The third kappa shape index (κ3) is 5.71. The Bertz CT molecular complexity index is 1920. The van der Waals surface area contributed by atoms with Crippen molar-refractivity contribution in [3.63, 3.8) is 0 Å². The molecule has 4 aromatic rings. The number of nitrogens with one attached hydrogen (secondary N) is 1. The van der Waals surface area contributed by atoms with Crippen molar-refractivity contribution in [2.75, 3.05) is 32.0 Å². The highest BCUT2D eigenvalue weighted by molar-refractivity contribution is 6.03. The molecule has 2 aliphatic heterocycles. The minimum absolute atomic E-state index is 0.0737. The highest BCUT2D eigenvalue weighted by Crippen LogP contribution is 2.32. The van der Waals surface area contributed by atoms with Crippen molar-refractivity contribution in [1.29, 1.82) is 0 Å². The fraction of sp³-hybridized carbons (Fsp3) is 0.364. The van der Waals surface area contributed by atoms with Gasteiger partial charge in [-0.3, -0.25) is 19.1 Å². The molecule has 1 N–H and O–H groups in total. The maximum Gasteiger partial charge on any atom is 0.335 e. The number of amides is 1. The van der Waals surface area contributed by atoms with Crippen molar-refractivity contribution in [2.24, 2.45) is 0 Å². The van der Waals surface area contributed by atoms with Crippen LogP contribution in [0.3, 0.4) is 0 Å². The fourth-order valence-corrected chi connectivity index (χ4v) is 6.60. The first-order valence-electron chi connectivity index (χ1n) is 15.4. The first kappa shape index (κ1) is 29.9. The monoisotopic (exact) mass is 629 g/mol. The summed E-state index contributed by atoms with van der Waals surface area (Å²) in [5.74, 6) is -1.86. The number of ether oxygens (including phenoxy) is 1. The number of rotatable bonds is 7. The Labute approximate surface area is 263 Å². The Morgan fingerprint density at radius 2 is 1.76 bits per heavy atom. The topological polar surface area (TPSA) is 115 Å². The molecule has 2 aromatic carbocycles. The quantitative estimate of drug-likeness (QED) is 0.328. The van der Waals surface area contributed by atoms with Crippen LogP contribution in [0.15, 0.2) is 64.6 Å². The van der Waals surface area contributed by atoms with E-state index in [0.717, 1.165) is 79.3 Å². The van der Waals surface area contributed by atoms with E-state index in [4.69, 9.17) is 4.74 Å². The van der Waals surface area contributed by atoms with E-state index in [9.17, 15) is 18.8 Å². The van der Waals surface area contributed by atoms with Gasteiger partial charge >= 0.3 is 5.69 Å². The molecule has 3 aliphatic rings. The number of halogens is 2. The van der Waals surface area contributed by atoms with Crippen LogP contribution < -0.4 is 21.3 Å². The smallest absolute Gasteiger partial charge is 0.335 e. The van der Waals surface area contributed by atoms with Crippen LogP contribution >= 0.6 is 0 Å². The van der Waals surface area contributed by atoms with Gasteiger partial charge in [0, 0.05) is 61.8 Å². The number of likely N-dealkylation sites (tertiary alicyclic amines) is 1. The van der Waals surface area contributed by atoms with Crippen molar-refractivity contribution in [3.8, 4) is 17.3 Å². The van der Waals surface area contributed by atoms with Gasteiger partial charge in [0.05, 0.1) is 11.4 Å². The molecule has 7 rings (SSSR count). The number of anilines is 1. The average molecular weight is 630 g/mol. The molecule has 2 aromatic heterocycles. The van der Waals surface area contributed by atoms with E-state index in [1.165, 1.54) is 41.4 Å². The normalized spacial score (nSPS) is 17.5. The number of nitrogens with zero attached hydrogens (tertiary/aromatic N) is 6. The Balaban J connectivity index is 1.12. The summed E-state index contributed by atoms with van der Waals surface area (Å²) in [5, 5.41) is 2.58. The second-order valence-corrected chi connectivity index (χ2v) is 12.2. The van der Waals surface area contributed by atoms with Gasteiger partial charge in [0.15, 0.2) is 11.6 Å². The average Bonchev–Trinajstić information content (AvgIpc) is 3.56. The summed E-state index contributed by atoms with van der Waals surface area (Å²) in [7, 11) is 2.09. The molecule has 0 bridgehead atoms. The number of hydrogen-bond acceptors (Lipinski definition) is 8. The molecular weight excluding hydrogens is 596 g/mol. The van der Waals surface area contributed by atoms with Crippen molar-refractivity contribution in [1.82, 2.24) is 28.9 Å². The summed E-state index contributed by atoms with van der Waals surface area (Å²) in [4.78, 5) is 53.7. The molecule has 1 saturated carbocycles. The van der Waals surface area contributed by atoms with Gasteiger partial charge in [-0.05, 0) is 62.7 Å². The Morgan fingerprint density at radius 1 is 1.00 bits per heavy atom. The van der Waals surface area contributed by atoms with Crippen LogP contribution in [0.4, 0.5) is 14.5 Å². The van der Waals surface area contributed by atoms with E-state index in [-0.39, 0.29) is 28.7 Å². The van der Waals surface area contributed by atoms with Gasteiger partial charge in [0.2, 0.25) is 5.88 Å². The SMILES string of the molecule is CN1CC(N2CCc3c(ncnc3Oc3ccc(NC(=O)c4cn(C5CCCC5)c(=O)n(-c5ccc(F)cc5)c4=O)cc3F)C2)C1. The summed E-state index contributed by atoms with van der Waals surface area (Å²) < 4.78 is 37.1. The van der Waals surface area contributed by atoms with E-state index in [0.29, 0.717) is 24.9 Å². The molecule has 1 aliphatic carbocycles. The fourth-order valence-electron chi connectivity index (χ4n) is 6.60. The molecule has 0 unspecified atom stereocenters. The molecule has 46 heavy (non-hydrogen) atoms.